The Morgan fingerprint density at radius 1 is 1.17 bits per heavy atom. The van der Waals surface area contributed by atoms with Crippen molar-refractivity contribution < 1.29 is 4.79 Å². The Morgan fingerprint density at radius 3 is 2.83 bits per heavy atom. The molecule has 0 atom stereocenters. The van der Waals surface area contributed by atoms with E-state index >= 15 is 0 Å². The lowest BCUT2D eigenvalue weighted by Gasteiger charge is -2.08. The van der Waals surface area contributed by atoms with Crippen LogP contribution in [0.3, 0.4) is 0 Å². The number of fused-ring (bicyclic) bond motifs is 1. The SMILES string of the molecule is Cc1ccc(CC(=O)NCCc2nnc3n2CCCCC3)cc1. The molecule has 2 heterocycles. The van der Waals surface area contributed by atoms with Crippen molar-refractivity contribution in [1.82, 2.24) is 20.1 Å². The van der Waals surface area contributed by atoms with Crippen molar-refractivity contribution in [2.75, 3.05) is 6.54 Å². The van der Waals surface area contributed by atoms with Gasteiger partial charge in [-0.15, -0.1) is 10.2 Å². The topological polar surface area (TPSA) is 59.8 Å². The summed E-state index contributed by atoms with van der Waals surface area (Å²) < 4.78 is 2.24. The van der Waals surface area contributed by atoms with Crippen molar-refractivity contribution in [2.45, 2.75) is 52.0 Å². The summed E-state index contributed by atoms with van der Waals surface area (Å²) in [5, 5.41) is 11.6. The quantitative estimate of drug-likeness (QED) is 0.921. The van der Waals surface area contributed by atoms with Crippen LogP contribution >= 0.6 is 0 Å². The summed E-state index contributed by atoms with van der Waals surface area (Å²) in [4.78, 5) is 12.0. The number of benzene rings is 1. The summed E-state index contributed by atoms with van der Waals surface area (Å²) in [6.45, 7) is 3.67. The second-order valence-corrected chi connectivity index (χ2v) is 6.26. The van der Waals surface area contributed by atoms with Crippen LogP contribution in [0, 0.1) is 6.92 Å². The van der Waals surface area contributed by atoms with Gasteiger partial charge in [0.25, 0.3) is 0 Å². The minimum atomic E-state index is 0.0597. The molecule has 5 nitrogen and oxygen atoms in total. The van der Waals surface area contributed by atoms with Gasteiger partial charge < -0.3 is 9.88 Å². The van der Waals surface area contributed by atoms with E-state index in [1.165, 1.54) is 24.8 Å². The van der Waals surface area contributed by atoms with E-state index in [-0.39, 0.29) is 5.91 Å². The molecule has 0 saturated heterocycles. The van der Waals surface area contributed by atoms with Crippen LogP contribution in [0.25, 0.3) is 0 Å². The zero-order chi connectivity index (χ0) is 16.1. The molecule has 1 aromatic carbocycles. The Morgan fingerprint density at radius 2 is 2.00 bits per heavy atom. The molecule has 23 heavy (non-hydrogen) atoms. The van der Waals surface area contributed by atoms with Crippen LogP contribution in [0.2, 0.25) is 0 Å². The third kappa shape index (κ3) is 4.18. The Labute approximate surface area is 137 Å². The standard InChI is InChI=1S/C18H24N4O/c1-14-6-8-15(9-7-14)13-18(23)19-11-10-17-21-20-16-5-3-2-4-12-22(16)17/h6-9H,2-5,10-13H2,1H3,(H,19,23). The fraction of sp³-hybridized carbons (Fsp3) is 0.500. The molecule has 1 aliphatic heterocycles. The van der Waals surface area contributed by atoms with Gasteiger partial charge >= 0.3 is 0 Å². The van der Waals surface area contributed by atoms with Crippen molar-refractivity contribution in [3.8, 4) is 0 Å². The molecule has 0 radical (unpaired) electrons. The molecule has 2 aromatic rings. The first kappa shape index (κ1) is 15.7. The number of aromatic nitrogens is 3. The molecule has 122 valence electrons. The summed E-state index contributed by atoms with van der Waals surface area (Å²) in [7, 11) is 0. The molecular formula is C18H24N4O. The monoisotopic (exact) mass is 312 g/mol. The summed E-state index contributed by atoms with van der Waals surface area (Å²) in [5.41, 5.74) is 2.26. The van der Waals surface area contributed by atoms with E-state index in [2.05, 4.69) is 20.1 Å². The highest BCUT2D eigenvalue weighted by Crippen LogP contribution is 2.14. The zero-order valence-electron chi connectivity index (χ0n) is 13.7. The molecule has 0 aliphatic carbocycles. The highest BCUT2D eigenvalue weighted by molar-refractivity contribution is 5.78. The minimum absolute atomic E-state index is 0.0597. The number of carbonyl (C=O) groups is 1. The Kier molecular flexibility index (Phi) is 5.05. The predicted octanol–water partition coefficient (Wildman–Crippen LogP) is 2.21. The first-order valence-corrected chi connectivity index (χ1v) is 8.45. The van der Waals surface area contributed by atoms with Gasteiger partial charge in [0.15, 0.2) is 0 Å². The molecule has 0 saturated carbocycles. The summed E-state index contributed by atoms with van der Waals surface area (Å²) in [5.74, 6) is 2.16. The highest BCUT2D eigenvalue weighted by atomic mass is 16.1. The van der Waals surface area contributed by atoms with Crippen LogP contribution in [0.1, 0.15) is 42.0 Å². The third-order valence-corrected chi connectivity index (χ3v) is 4.34. The number of amides is 1. The van der Waals surface area contributed by atoms with Gasteiger partial charge in [0.2, 0.25) is 5.91 Å². The van der Waals surface area contributed by atoms with Crippen LogP contribution < -0.4 is 5.32 Å². The maximum atomic E-state index is 12.0. The van der Waals surface area contributed by atoms with E-state index < -0.39 is 0 Å². The normalized spacial score (nSPS) is 14.1. The van der Waals surface area contributed by atoms with Gasteiger partial charge in [-0.2, -0.15) is 0 Å². The summed E-state index contributed by atoms with van der Waals surface area (Å²) in [6, 6.07) is 8.09. The Balaban J connectivity index is 1.48. The van der Waals surface area contributed by atoms with Gasteiger partial charge in [0.1, 0.15) is 11.6 Å². The molecule has 0 fully saturated rings. The first-order valence-electron chi connectivity index (χ1n) is 8.45. The van der Waals surface area contributed by atoms with Gasteiger partial charge in [-0.1, -0.05) is 36.2 Å². The number of hydrogen-bond donors (Lipinski definition) is 1. The Bertz CT molecular complexity index is 660. The van der Waals surface area contributed by atoms with E-state index in [9.17, 15) is 4.79 Å². The van der Waals surface area contributed by atoms with Crippen LogP contribution in [0.5, 0.6) is 0 Å². The van der Waals surface area contributed by atoms with Crippen molar-refractivity contribution in [3.05, 3.63) is 47.0 Å². The zero-order valence-corrected chi connectivity index (χ0v) is 13.7. The molecule has 1 aromatic heterocycles. The molecule has 0 unspecified atom stereocenters. The van der Waals surface area contributed by atoms with Crippen LogP contribution in [-0.4, -0.2) is 27.2 Å². The molecule has 0 spiro atoms. The van der Waals surface area contributed by atoms with Gasteiger partial charge in [0, 0.05) is 25.9 Å². The number of aryl methyl sites for hydroxylation is 2. The molecule has 0 bridgehead atoms. The summed E-state index contributed by atoms with van der Waals surface area (Å²) >= 11 is 0. The molecule has 1 N–H and O–H groups in total. The molecule has 3 rings (SSSR count). The van der Waals surface area contributed by atoms with E-state index in [1.54, 1.807) is 0 Å². The van der Waals surface area contributed by atoms with E-state index in [0.717, 1.165) is 36.6 Å². The highest BCUT2D eigenvalue weighted by Gasteiger charge is 2.14. The van der Waals surface area contributed by atoms with Crippen LogP contribution in [-0.2, 0) is 30.6 Å². The van der Waals surface area contributed by atoms with Gasteiger partial charge in [-0.05, 0) is 25.3 Å². The van der Waals surface area contributed by atoms with Crippen LogP contribution in [0.15, 0.2) is 24.3 Å². The maximum Gasteiger partial charge on any atom is 0.224 e. The average molecular weight is 312 g/mol. The lowest BCUT2D eigenvalue weighted by molar-refractivity contribution is -0.120. The first-order chi connectivity index (χ1) is 11.2. The fourth-order valence-electron chi connectivity index (χ4n) is 3.00. The predicted molar refractivity (Wildman–Crippen MR) is 89.2 cm³/mol. The fourth-order valence-corrected chi connectivity index (χ4v) is 3.00. The number of nitrogens with one attached hydrogen (secondary N) is 1. The van der Waals surface area contributed by atoms with Crippen molar-refractivity contribution in [1.29, 1.82) is 0 Å². The van der Waals surface area contributed by atoms with Crippen molar-refractivity contribution >= 4 is 5.91 Å². The number of nitrogens with zero attached hydrogens (tertiary/aromatic N) is 3. The number of hydrogen-bond acceptors (Lipinski definition) is 3. The molecule has 1 amide bonds. The smallest absolute Gasteiger partial charge is 0.224 e. The van der Waals surface area contributed by atoms with Gasteiger partial charge in [-0.3, -0.25) is 4.79 Å². The van der Waals surface area contributed by atoms with E-state index in [0.29, 0.717) is 13.0 Å². The largest absolute Gasteiger partial charge is 0.355 e. The molecule has 5 heteroatoms. The lowest BCUT2D eigenvalue weighted by atomic mass is 10.1. The van der Waals surface area contributed by atoms with Gasteiger partial charge in [0.05, 0.1) is 6.42 Å². The van der Waals surface area contributed by atoms with Gasteiger partial charge in [-0.25, -0.2) is 0 Å². The lowest BCUT2D eigenvalue weighted by Crippen LogP contribution is -2.28. The average Bonchev–Trinajstić information content (AvgIpc) is 2.78. The van der Waals surface area contributed by atoms with Crippen LogP contribution in [0.4, 0.5) is 0 Å². The molecule has 1 aliphatic rings. The Hall–Kier alpha value is -2.17. The van der Waals surface area contributed by atoms with E-state index in [1.807, 2.05) is 31.2 Å². The third-order valence-electron chi connectivity index (χ3n) is 4.34. The maximum absolute atomic E-state index is 12.0. The van der Waals surface area contributed by atoms with E-state index in [4.69, 9.17) is 0 Å². The number of rotatable bonds is 5. The molecular weight excluding hydrogens is 288 g/mol. The van der Waals surface area contributed by atoms with Crippen molar-refractivity contribution in [2.24, 2.45) is 0 Å². The van der Waals surface area contributed by atoms with Crippen molar-refractivity contribution in [3.63, 3.8) is 0 Å². The summed E-state index contributed by atoms with van der Waals surface area (Å²) in [6.07, 6.45) is 5.84. The second kappa shape index (κ2) is 7.40. The second-order valence-electron chi connectivity index (χ2n) is 6.26. The number of carbonyl (C=O) groups excluding carboxylic acids is 1. The minimum Gasteiger partial charge on any atom is -0.355 e.